The molecule has 0 saturated heterocycles. The fourth-order valence-electron chi connectivity index (χ4n) is 1.17. The van der Waals surface area contributed by atoms with Gasteiger partial charge in [0.15, 0.2) is 0 Å². The highest BCUT2D eigenvalue weighted by atomic mass is 35.5. The standard InChI is InChI=1S/C10H8ClF3O2/c11-8(9(15)16)5-6-2-1-3-7(4-6)10(12,13)14/h1-4,8H,5H2,(H,15,16)/t8-/m1/s1. The molecule has 0 aliphatic heterocycles. The molecule has 0 radical (unpaired) electrons. The predicted octanol–water partition coefficient (Wildman–Crippen LogP) is 2.94. The Morgan fingerprint density at radius 3 is 2.56 bits per heavy atom. The number of rotatable bonds is 3. The number of hydrogen-bond donors (Lipinski definition) is 1. The van der Waals surface area contributed by atoms with Gasteiger partial charge < -0.3 is 5.11 Å². The normalized spacial score (nSPS) is 13.5. The Bertz CT molecular complexity index is 390. The number of carboxylic acids is 1. The minimum absolute atomic E-state index is 0.138. The quantitative estimate of drug-likeness (QED) is 0.840. The zero-order valence-corrected chi connectivity index (χ0v) is 8.72. The minimum Gasteiger partial charge on any atom is -0.480 e. The van der Waals surface area contributed by atoms with Crippen molar-refractivity contribution in [1.82, 2.24) is 0 Å². The van der Waals surface area contributed by atoms with Gasteiger partial charge in [-0.15, -0.1) is 11.6 Å². The number of benzene rings is 1. The Kier molecular flexibility index (Phi) is 3.80. The molecule has 0 amide bonds. The van der Waals surface area contributed by atoms with Crippen LogP contribution in [0, 0.1) is 0 Å². The van der Waals surface area contributed by atoms with Crippen LogP contribution in [-0.2, 0) is 17.4 Å². The number of carbonyl (C=O) groups is 1. The maximum absolute atomic E-state index is 12.3. The minimum atomic E-state index is -4.43. The highest BCUT2D eigenvalue weighted by Gasteiger charge is 2.30. The van der Waals surface area contributed by atoms with Crippen LogP contribution in [0.2, 0.25) is 0 Å². The average molecular weight is 253 g/mol. The van der Waals surface area contributed by atoms with Crippen LogP contribution >= 0.6 is 11.6 Å². The largest absolute Gasteiger partial charge is 0.480 e. The van der Waals surface area contributed by atoms with E-state index in [1.807, 2.05) is 0 Å². The lowest BCUT2D eigenvalue weighted by Crippen LogP contribution is -2.16. The topological polar surface area (TPSA) is 37.3 Å². The van der Waals surface area contributed by atoms with E-state index in [1.54, 1.807) is 0 Å². The van der Waals surface area contributed by atoms with Crippen molar-refractivity contribution in [2.24, 2.45) is 0 Å². The maximum atomic E-state index is 12.3. The smallest absolute Gasteiger partial charge is 0.416 e. The molecule has 88 valence electrons. The van der Waals surface area contributed by atoms with Gasteiger partial charge in [-0.1, -0.05) is 18.2 Å². The van der Waals surface area contributed by atoms with Gasteiger partial charge in [-0.05, 0) is 18.1 Å². The van der Waals surface area contributed by atoms with Crippen molar-refractivity contribution in [1.29, 1.82) is 0 Å². The van der Waals surface area contributed by atoms with Gasteiger partial charge in [0.2, 0.25) is 0 Å². The average Bonchev–Trinajstić information content (AvgIpc) is 2.16. The lowest BCUT2D eigenvalue weighted by atomic mass is 10.1. The van der Waals surface area contributed by atoms with Gasteiger partial charge in [0, 0.05) is 0 Å². The molecule has 1 aromatic rings. The van der Waals surface area contributed by atoms with Gasteiger partial charge >= 0.3 is 12.1 Å². The first-order valence-electron chi connectivity index (χ1n) is 4.33. The van der Waals surface area contributed by atoms with Gasteiger partial charge in [0.25, 0.3) is 0 Å². The van der Waals surface area contributed by atoms with Gasteiger partial charge in [-0.2, -0.15) is 13.2 Å². The van der Waals surface area contributed by atoms with Crippen molar-refractivity contribution in [3.63, 3.8) is 0 Å². The summed E-state index contributed by atoms with van der Waals surface area (Å²) in [5.74, 6) is -1.25. The molecule has 0 aromatic heterocycles. The Labute approximate surface area is 94.6 Å². The van der Waals surface area contributed by atoms with Gasteiger partial charge in [-0.3, -0.25) is 4.79 Å². The van der Waals surface area contributed by atoms with E-state index in [1.165, 1.54) is 12.1 Å². The Hall–Kier alpha value is -1.23. The lowest BCUT2D eigenvalue weighted by molar-refractivity contribution is -0.137. The van der Waals surface area contributed by atoms with Crippen molar-refractivity contribution in [2.75, 3.05) is 0 Å². The summed E-state index contributed by atoms with van der Waals surface area (Å²) in [4.78, 5) is 10.4. The molecule has 0 spiro atoms. The summed E-state index contributed by atoms with van der Waals surface area (Å²) in [6.45, 7) is 0. The molecule has 0 aliphatic rings. The lowest BCUT2D eigenvalue weighted by Gasteiger charge is -2.09. The van der Waals surface area contributed by atoms with Crippen LogP contribution in [0.1, 0.15) is 11.1 Å². The molecule has 0 aliphatic carbocycles. The van der Waals surface area contributed by atoms with Crippen LogP contribution in [0.5, 0.6) is 0 Å². The Morgan fingerprint density at radius 1 is 1.44 bits per heavy atom. The molecule has 1 N–H and O–H groups in total. The van der Waals surface area contributed by atoms with E-state index in [0.29, 0.717) is 0 Å². The highest BCUT2D eigenvalue weighted by Crippen LogP contribution is 2.29. The van der Waals surface area contributed by atoms with E-state index in [2.05, 4.69) is 0 Å². The summed E-state index contributed by atoms with van der Waals surface area (Å²) < 4.78 is 36.9. The predicted molar refractivity (Wildman–Crippen MR) is 52.4 cm³/mol. The van der Waals surface area contributed by atoms with E-state index in [4.69, 9.17) is 16.7 Å². The SMILES string of the molecule is O=C(O)[C@H](Cl)Cc1cccc(C(F)(F)F)c1. The zero-order chi connectivity index (χ0) is 12.3. The molecule has 1 atom stereocenters. The van der Waals surface area contributed by atoms with E-state index in [-0.39, 0.29) is 12.0 Å². The first-order valence-corrected chi connectivity index (χ1v) is 4.77. The summed E-state index contributed by atoms with van der Waals surface area (Å²) in [6, 6.07) is 4.46. The van der Waals surface area contributed by atoms with Crippen LogP contribution in [0.15, 0.2) is 24.3 Å². The number of halogens is 4. The molecule has 0 fully saturated rings. The number of alkyl halides is 4. The fourth-order valence-corrected chi connectivity index (χ4v) is 1.35. The summed E-state index contributed by atoms with van der Waals surface area (Å²) in [7, 11) is 0. The highest BCUT2D eigenvalue weighted by molar-refractivity contribution is 6.29. The zero-order valence-electron chi connectivity index (χ0n) is 7.96. The molecule has 1 rings (SSSR count). The molecular formula is C10H8ClF3O2. The summed E-state index contributed by atoms with van der Waals surface area (Å²) >= 11 is 5.44. The molecule has 1 aromatic carbocycles. The second-order valence-electron chi connectivity index (χ2n) is 3.21. The Balaban J connectivity index is 2.87. The van der Waals surface area contributed by atoms with Crippen LogP contribution in [0.4, 0.5) is 13.2 Å². The molecule has 6 heteroatoms. The Morgan fingerprint density at radius 2 is 2.06 bits per heavy atom. The number of carboxylic acid groups (broad SMARTS) is 1. The number of hydrogen-bond acceptors (Lipinski definition) is 1. The van der Waals surface area contributed by atoms with Crippen LogP contribution < -0.4 is 0 Å². The monoisotopic (exact) mass is 252 g/mol. The van der Waals surface area contributed by atoms with E-state index >= 15 is 0 Å². The first kappa shape index (κ1) is 12.8. The van der Waals surface area contributed by atoms with Crippen LogP contribution in [-0.4, -0.2) is 16.5 Å². The van der Waals surface area contributed by atoms with Crippen molar-refractivity contribution >= 4 is 17.6 Å². The van der Waals surface area contributed by atoms with Crippen molar-refractivity contribution in [3.05, 3.63) is 35.4 Å². The molecule has 16 heavy (non-hydrogen) atoms. The first-order chi connectivity index (χ1) is 7.30. The van der Waals surface area contributed by atoms with E-state index in [9.17, 15) is 18.0 Å². The third kappa shape index (κ3) is 3.41. The van der Waals surface area contributed by atoms with Crippen molar-refractivity contribution in [3.8, 4) is 0 Å². The van der Waals surface area contributed by atoms with Gasteiger partial charge in [0.1, 0.15) is 5.38 Å². The van der Waals surface area contributed by atoms with E-state index < -0.39 is 23.1 Å². The molecule has 0 unspecified atom stereocenters. The van der Waals surface area contributed by atoms with Crippen LogP contribution in [0.25, 0.3) is 0 Å². The second-order valence-corrected chi connectivity index (χ2v) is 3.73. The maximum Gasteiger partial charge on any atom is 0.416 e. The molecular weight excluding hydrogens is 245 g/mol. The van der Waals surface area contributed by atoms with Gasteiger partial charge in [0.05, 0.1) is 5.56 Å². The molecule has 0 bridgehead atoms. The third-order valence-corrected chi connectivity index (χ3v) is 2.28. The molecule has 0 saturated carbocycles. The summed E-state index contributed by atoms with van der Waals surface area (Å²) in [5.41, 5.74) is -0.559. The van der Waals surface area contributed by atoms with Crippen LogP contribution in [0.3, 0.4) is 0 Å². The van der Waals surface area contributed by atoms with Gasteiger partial charge in [-0.25, -0.2) is 0 Å². The second kappa shape index (κ2) is 4.74. The summed E-state index contributed by atoms with van der Waals surface area (Å²) in [5, 5.41) is 7.30. The van der Waals surface area contributed by atoms with E-state index in [0.717, 1.165) is 12.1 Å². The molecule has 2 nitrogen and oxygen atoms in total. The van der Waals surface area contributed by atoms with Crippen molar-refractivity contribution < 1.29 is 23.1 Å². The molecule has 0 heterocycles. The van der Waals surface area contributed by atoms with Crippen molar-refractivity contribution in [2.45, 2.75) is 18.0 Å². The third-order valence-electron chi connectivity index (χ3n) is 1.94. The summed E-state index contributed by atoms with van der Waals surface area (Å²) in [6.07, 6.45) is -4.57. The fraction of sp³-hybridized carbons (Fsp3) is 0.300. The number of aliphatic carboxylic acids is 1.